The number of esters is 1. The molecule has 0 aliphatic rings. The molecule has 310 valence electrons. The van der Waals surface area contributed by atoms with Gasteiger partial charge in [-0.15, -0.1) is 0 Å². The first-order valence-corrected chi connectivity index (χ1v) is 19.3. The standard InChI is InChI=1S/C23H23N5O3.C22H21N5O3/c1-14(2)28-13-17(16-7-9-24-12-20(16)28)18-8-10-25-23(26-18)27-19-11-15(22(29)31-4)5-6-21(19)30-3;1-13(2)27-12-16(15-6-8-23-11-19(15)27)17-7-9-24-22(25-17)26-18-10-14(21(28)29)4-5-20(18)30-3/h5-14H,1-4H3,(H,25,26,27);4-13H,1-3H3,(H,28,29)(H,24,25,26). The molecule has 8 aromatic rings. The quantitative estimate of drug-likeness (QED) is 0.0988. The number of aromatic nitrogens is 8. The van der Waals surface area contributed by atoms with Gasteiger partial charge in [-0.2, -0.15) is 0 Å². The van der Waals surface area contributed by atoms with Crippen LogP contribution in [0.5, 0.6) is 11.5 Å². The van der Waals surface area contributed by atoms with E-state index in [1.807, 2.05) is 36.7 Å². The summed E-state index contributed by atoms with van der Waals surface area (Å²) in [7, 11) is 4.42. The minimum atomic E-state index is -1.02. The van der Waals surface area contributed by atoms with Gasteiger partial charge in [0.05, 0.1) is 78.6 Å². The molecular weight excluding hydrogens is 777 g/mol. The third-order valence-electron chi connectivity index (χ3n) is 9.81. The average Bonchev–Trinajstić information content (AvgIpc) is 3.87. The maximum absolute atomic E-state index is 11.9. The minimum absolute atomic E-state index is 0.141. The number of hydrogen-bond donors (Lipinski definition) is 3. The molecule has 0 atom stereocenters. The molecule has 0 unspecified atom stereocenters. The number of pyridine rings is 2. The molecule has 6 aromatic heterocycles. The summed E-state index contributed by atoms with van der Waals surface area (Å²) in [6.07, 6.45) is 14.8. The molecule has 0 fully saturated rings. The van der Waals surface area contributed by atoms with E-state index in [1.54, 1.807) is 56.2 Å². The average molecular weight is 821 g/mol. The minimum Gasteiger partial charge on any atom is -0.495 e. The Morgan fingerprint density at radius 2 is 1.08 bits per heavy atom. The third kappa shape index (κ3) is 8.78. The number of rotatable bonds is 12. The van der Waals surface area contributed by atoms with Crippen molar-refractivity contribution in [3.05, 3.63) is 121 Å². The number of ether oxygens (including phenoxy) is 3. The van der Waals surface area contributed by atoms with Crippen molar-refractivity contribution in [3.8, 4) is 34.0 Å². The van der Waals surface area contributed by atoms with Crippen LogP contribution >= 0.6 is 0 Å². The van der Waals surface area contributed by atoms with Gasteiger partial charge in [0.25, 0.3) is 0 Å². The molecule has 3 N–H and O–H groups in total. The molecule has 0 aliphatic heterocycles. The number of carboxylic acid groups (broad SMARTS) is 1. The summed E-state index contributed by atoms with van der Waals surface area (Å²) in [5.41, 5.74) is 7.15. The van der Waals surface area contributed by atoms with Gasteiger partial charge in [-0.05, 0) is 88.4 Å². The number of aromatic carboxylic acids is 1. The highest BCUT2D eigenvalue weighted by molar-refractivity contribution is 5.96. The first kappa shape index (κ1) is 41.3. The summed E-state index contributed by atoms with van der Waals surface area (Å²) in [4.78, 5) is 49.7. The number of hydrogen-bond acceptors (Lipinski definition) is 13. The van der Waals surface area contributed by atoms with Gasteiger partial charge < -0.3 is 39.1 Å². The SMILES string of the molecule is COC(=O)c1ccc(OC)c(Nc2nccc(-c3cn(C(C)C)c4cnccc34)n2)c1.COc1ccc(C(=O)O)cc1Nc1nccc(-c2cn(C(C)C)c3cnccc23)n1. The Morgan fingerprint density at radius 3 is 1.51 bits per heavy atom. The number of anilines is 4. The van der Waals surface area contributed by atoms with E-state index in [0.29, 0.717) is 40.3 Å². The van der Waals surface area contributed by atoms with Gasteiger partial charge in [-0.1, -0.05) is 0 Å². The van der Waals surface area contributed by atoms with Gasteiger partial charge in [-0.25, -0.2) is 29.5 Å². The van der Waals surface area contributed by atoms with Gasteiger partial charge in [0.2, 0.25) is 11.9 Å². The van der Waals surface area contributed by atoms with E-state index in [9.17, 15) is 14.7 Å². The van der Waals surface area contributed by atoms with Crippen LogP contribution in [0.15, 0.2) is 110 Å². The summed E-state index contributed by atoms with van der Waals surface area (Å²) in [6, 6.07) is 17.8. The van der Waals surface area contributed by atoms with E-state index in [1.165, 1.54) is 26.4 Å². The molecular formula is C45H44N10O6. The highest BCUT2D eigenvalue weighted by atomic mass is 16.5. The summed E-state index contributed by atoms with van der Waals surface area (Å²) >= 11 is 0. The molecule has 61 heavy (non-hydrogen) atoms. The van der Waals surface area contributed by atoms with Gasteiger partial charge in [0, 0.05) is 71.2 Å². The fourth-order valence-electron chi connectivity index (χ4n) is 6.83. The summed E-state index contributed by atoms with van der Waals surface area (Å²) in [6.45, 7) is 8.49. The predicted octanol–water partition coefficient (Wildman–Crippen LogP) is 9.14. The van der Waals surface area contributed by atoms with Crippen LogP contribution in [0.4, 0.5) is 23.3 Å². The Morgan fingerprint density at radius 1 is 0.623 bits per heavy atom. The molecule has 0 radical (unpaired) electrons. The lowest BCUT2D eigenvalue weighted by atomic mass is 10.1. The Bertz CT molecular complexity index is 2870. The van der Waals surface area contributed by atoms with E-state index in [0.717, 1.165) is 44.3 Å². The van der Waals surface area contributed by atoms with E-state index >= 15 is 0 Å². The predicted molar refractivity (Wildman–Crippen MR) is 233 cm³/mol. The number of carbonyl (C=O) groups is 2. The Hall–Kier alpha value is -7.88. The zero-order valence-electron chi connectivity index (χ0n) is 34.6. The van der Waals surface area contributed by atoms with Crippen LogP contribution in [0.1, 0.15) is 60.5 Å². The second-order valence-electron chi connectivity index (χ2n) is 14.3. The lowest BCUT2D eigenvalue weighted by molar-refractivity contribution is 0.0599. The number of nitrogens with one attached hydrogen (secondary N) is 2. The lowest BCUT2D eigenvalue weighted by Crippen LogP contribution is -2.04. The zero-order valence-corrected chi connectivity index (χ0v) is 34.6. The van der Waals surface area contributed by atoms with Crippen LogP contribution < -0.4 is 20.1 Å². The second-order valence-corrected chi connectivity index (χ2v) is 14.3. The third-order valence-corrected chi connectivity index (χ3v) is 9.81. The molecule has 16 nitrogen and oxygen atoms in total. The van der Waals surface area contributed by atoms with Gasteiger partial charge in [-0.3, -0.25) is 9.97 Å². The second kappa shape index (κ2) is 17.9. The fourth-order valence-corrected chi connectivity index (χ4v) is 6.83. The van der Waals surface area contributed by atoms with Crippen LogP contribution in [-0.2, 0) is 4.74 Å². The molecule has 0 amide bonds. The first-order valence-electron chi connectivity index (χ1n) is 19.3. The topological polar surface area (TPSA) is 193 Å². The van der Waals surface area contributed by atoms with Crippen molar-refractivity contribution in [2.75, 3.05) is 32.0 Å². The molecule has 6 heterocycles. The molecule has 16 heteroatoms. The highest BCUT2D eigenvalue weighted by Gasteiger charge is 2.18. The van der Waals surface area contributed by atoms with Crippen molar-refractivity contribution in [2.45, 2.75) is 39.8 Å². The Kier molecular flexibility index (Phi) is 12.1. The number of benzene rings is 2. The van der Waals surface area contributed by atoms with Crippen molar-refractivity contribution in [3.63, 3.8) is 0 Å². The van der Waals surface area contributed by atoms with Crippen LogP contribution in [0.25, 0.3) is 44.3 Å². The maximum atomic E-state index is 11.9. The smallest absolute Gasteiger partial charge is 0.337 e. The lowest BCUT2D eigenvalue weighted by Gasteiger charge is -2.12. The van der Waals surface area contributed by atoms with Crippen molar-refractivity contribution >= 4 is 57.0 Å². The number of carbonyl (C=O) groups excluding carboxylic acids is 1. The van der Waals surface area contributed by atoms with E-state index in [2.05, 4.69) is 84.8 Å². The first-order chi connectivity index (χ1) is 29.5. The zero-order chi connectivity index (χ0) is 43.2. The number of nitrogens with zero attached hydrogens (tertiary/aromatic N) is 8. The number of methoxy groups -OCH3 is 3. The molecule has 0 spiro atoms. The molecule has 0 saturated carbocycles. The summed E-state index contributed by atoms with van der Waals surface area (Å²) < 4.78 is 19.9. The van der Waals surface area contributed by atoms with Gasteiger partial charge in [0.1, 0.15) is 11.5 Å². The molecule has 0 aliphatic carbocycles. The van der Waals surface area contributed by atoms with Crippen molar-refractivity contribution in [1.82, 2.24) is 39.0 Å². The van der Waals surface area contributed by atoms with Crippen LogP contribution in [-0.4, -0.2) is 77.4 Å². The van der Waals surface area contributed by atoms with Gasteiger partial charge in [0.15, 0.2) is 0 Å². The monoisotopic (exact) mass is 820 g/mol. The van der Waals surface area contributed by atoms with Crippen LogP contribution in [0.2, 0.25) is 0 Å². The van der Waals surface area contributed by atoms with Crippen LogP contribution in [0, 0.1) is 0 Å². The normalized spacial score (nSPS) is 11.0. The molecule has 8 rings (SSSR count). The maximum Gasteiger partial charge on any atom is 0.337 e. The van der Waals surface area contributed by atoms with E-state index in [4.69, 9.17) is 19.2 Å². The molecule has 2 aromatic carbocycles. The number of carboxylic acids is 1. The fraction of sp³-hybridized carbons (Fsp3) is 0.200. The molecule has 0 bridgehead atoms. The molecule has 0 saturated heterocycles. The Labute approximate surface area is 351 Å². The van der Waals surface area contributed by atoms with Crippen LogP contribution in [0.3, 0.4) is 0 Å². The van der Waals surface area contributed by atoms with Crippen molar-refractivity contribution < 1.29 is 28.9 Å². The largest absolute Gasteiger partial charge is 0.495 e. The van der Waals surface area contributed by atoms with Crippen molar-refractivity contribution in [2.24, 2.45) is 0 Å². The number of fused-ring (bicyclic) bond motifs is 2. The van der Waals surface area contributed by atoms with E-state index in [-0.39, 0.29) is 17.6 Å². The Balaban J connectivity index is 0.000000184. The summed E-state index contributed by atoms with van der Waals surface area (Å²) in [5, 5.41) is 17.6. The van der Waals surface area contributed by atoms with Gasteiger partial charge >= 0.3 is 11.9 Å². The summed E-state index contributed by atoms with van der Waals surface area (Å²) in [5.74, 6) is 0.326. The van der Waals surface area contributed by atoms with E-state index < -0.39 is 11.9 Å². The van der Waals surface area contributed by atoms with Crippen molar-refractivity contribution in [1.29, 1.82) is 0 Å². The highest BCUT2D eigenvalue weighted by Crippen LogP contribution is 2.35.